The Labute approximate surface area is 170 Å². The minimum absolute atomic E-state index is 0.0658. The number of anilines is 2. The molecule has 0 atom stereocenters. The first-order chi connectivity index (χ1) is 13.8. The zero-order valence-corrected chi connectivity index (χ0v) is 16.9. The Morgan fingerprint density at radius 1 is 0.862 bits per heavy atom. The topological polar surface area (TPSA) is 66.5 Å². The summed E-state index contributed by atoms with van der Waals surface area (Å²) in [7, 11) is -1.59. The smallest absolute Gasteiger partial charge is 0.258 e. The average Bonchev–Trinajstić information content (AvgIpc) is 2.77. The van der Waals surface area contributed by atoms with Gasteiger partial charge in [-0.1, -0.05) is 48.5 Å². The fraction of sp³-hybridized carbons (Fsp3) is 0.0870. The lowest BCUT2D eigenvalue weighted by Crippen LogP contribution is -2.25. The Bertz CT molecular complexity index is 1250. The third-order valence-electron chi connectivity index (χ3n) is 4.81. The highest BCUT2D eigenvalue weighted by Crippen LogP contribution is 2.38. The van der Waals surface area contributed by atoms with Gasteiger partial charge in [0.05, 0.1) is 11.9 Å². The third kappa shape index (κ3) is 3.79. The number of sulfonamides is 1. The van der Waals surface area contributed by atoms with Crippen molar-refractivity contribution >= 4 is 39.0 Å². The van der Waals surface area contributed by atoms with Crippen LogP contribution in [0.3, 0.4) is 0 Å². The summed E-state index contributed by atoms with van der Waals surface area (Å²) in [6, 6.07) is 22.5. The van der Waals surface area contributed by atoms with Crippen molar-refractivity contribution in [2.24, 2.45) is 0 Å². The molecular weight excluding hydrogens is 384 g/mol. The van der Waals surface area contributed by atoms with Gasteiger partial charge in [0.1, 0.15) is 0 Å². The Kier molecular flexibility index (Phi) is 4.72. The van der Waals surface area contributed by atoms with Gasteiger partial charge in [-0.05, 0) is 47.0 Å². The Balaban J connectivity index is 1.94. The summed E-state index contributed by atoms with van der Waals surface area (Å²) in [5.74, 6) is -0.0658. The number of fused-ring (bicyclic) bond motifs is 2. The molecule has 3 aromatic carbocycles. The van der Waals surface area contributed by atoms with Crippen molar-refractivity contribution in [3.63, 3.8) is 0 Å². The van der Waals surface area contributed by atoms with Gasteiger partial charge in [-0.25, -0.2) is 8.42 Å². The molecule has 0 unspecified atom stereocenters. The number of para-hydroxylation sites is 1. The van der Waals surface area contributed by atoms with Crippen molar-refractivity contribution in [2.45, 2.75) is 0 Å². The molecule has 0 bridgehead atoms. The molecule has 0 spiro atoms. The largest absolute Gasteiger partial charge is 0.311 e. The Morgan fingerprint density at radius 2 is 1.52 bits per heavy atom. The predicted molar refractivity (Wildman–Crippen MR) is 117 cm³/mol. The zero-order valence-electron chi connectivity index (χ0n) is 16.1. The highest BCUT2D eigenvalue weighted by atomic mass is 32.2. The van der Waals surface area contributed by atoms with Gasteiger partial charge in [-0.3, -0.25) is 9.52 Å². The maximum atomic E-state index is 13.0. The van der Waals surface area contributed by atoms with Crippen LogP contribution in [0.15, 0.2) is 72.8 Å². The Morgan fingerprint density at radius 3 is 2.24 bits per heavy atom. The van der Waals surface area contributed by atoms with Crippen LogP contribution in [0.4, 0.5) is 11.4 Å². The molecule has 5 nitrogen and oxygen atoms in total. The SMILES string of the molecule is CN1C(=O)c2ccccc2/C(=C\c2cccc(NS(C)(=O)=O)c2)c2ccccc21. The molecule has 0 aliphatic carbocycles. The normalized spacial score (nSPS) is 14.9. The molecular formula is C23H20N2O3S. The maximum absolute atomic E-state index is 13.0. The van der Waals surface area contributed by atoms with E-state index in [9.17, 15) is 13.2 Å². The molecule has 1 aliphatic heterocycles. The second kappa shape index (κ2) is 7.22. The van der Waals surface area contributed by atoms with Crippen molar-refractivity contribution in [2.75, 3.05) is 22.9 Å². The molecule has 1 heterocycles. The minimum Gasteiger partial charge on any atom is -0.311 e. The molecule has 0 fully saturated rings. The van der Waals surface area contributed by atoms with Crippen LogP contribution in [-0.4, -0.2) is 27.6 Å². The van der Waals surface area contributed by atoms with Crippen LogP contribution in [-0.2, 0) is 10.0 Å². The number of nitrogens with zero attached hydrogens (tertiary/aromatic N) is 1. The van der Waals surface area contributed by atoms with Crippen molar-refractivity contribution in [3.8, 4) is 0 Å². The van der Waals surface area contributed by atoms with E-state index in [1.165, 1.54) is 0 Å². The molecule has 0 saturated carbocycles. The molecule has 146 valence electrons. The van der Waals surface area contributed by atoms with Gasteiger partial charge in [0.25, 0.3) is 5.91 Å². The number of carbonyl (C=O) groups excluding carboxylic acids is 1. The first kappa shape index (κ1) is 19.0. The van der Waals surface area contributed by atoms with E-state index in [0.717, 1.165) is 34.2 Å². The van der Waals surface area contributed by atoms with Gasteiger partial charge in [0.2, 0.25) is 10.0 Å². The molecule has 1 aliphatic rings. The first-order valence-corrected chi connectivity index (χ1v) is 11.0. The molecule has 6 heteroatoms. The molecule has 3 aromatic rings. The molecule has 0 radical (unpaired) electrons. The highest BCUT2D eigenvalue weighted by Gasteiger charge is 2.26. The first-order valence-electron chi connectivity index (χ1n) is 9.10. The summed E-state index contributed by atoms with van der Waals surface area (Å²) >= 11 is 0. The molecule has 4 rings (SSSR count). The van der Waals surface area contributed by atoms with E-state index < -0.39 is 10.0 Å². The lowest BCUT2D eigenvalue weighted by molar-refractivity contribution is 0.0993. The predicted octanol–water partition coefficient (Wildman–Crippen LogP) is 4.24. The highest BCUT2D eigenvalue weighted by molar-refractivity contribution is 7.92. The summed E-state index contributed by atoms with van der Waals surface area (Å²) < 4.78 is 25.7. The Hall–Kier alpha value is -3.38. The van der Waals surface area contributed by atoms with E-state index in [4.69, 9.17) is 0 Å². The summed E-state index contributed by atoms with van der Waals surface area (Å²) in [6.07, 6.45) is 3.11. The van der Waals surface area contributed by atoms with E-state index in [-0.39, 0.29) is 5.91 Å². The van der Waals surface area contributed by atoms with Crippen LogP contribution in [0.5, 0.6) is 0 Å². The standard InChI is InChI=1S/C23H20N2O3S/c1-25-22-13-6-5-11-19(22)21(18-10-3-4-12-20(18)23(25)26)15-16-8-7-9-17(14-16)24-29(2,27)28/h3-15,24H,1-2H3/b21-15+. The second-order valence-electron chi connectivity index (χ2n) is 6.98. The second-order valence-corrected chi connectivity index (χ2v) is 8.73. The van der Waals surface area contributed by atoms with Crippen molar-refractivity contribution < 1.29 is 13.2 Å². The number of rotatable bonds is 3. The lowest BCUT2D eigenvalue weighted by Gasteiger charge is -2.17. The fourth-order valence-corrected chi connectivity index (χ4v) is 4.12. The maximum Gasteiger partial charge on any atom is 0.258 e. The van der Waals surface area contributed by atoms with Crippen molar-refractivity contribution in [1.82, 2.24) is 0 Å². The van der Waals surface area contributed by atoms with Gasteiger partial charge in [-0.15, -0.1) is 0 Å². The van der Waals surface area contributed by atoms with Crippen molar-refractivity contribution in [3.05, 3.63) is 95.1 Å². The van der Waals surface area contributed by atoms with E-state index in [1.54, 1.807) is 30.1 Å². The van der Waals surface area contributed by atoms with Crippen LogP contribution in [0.25, 0.3) is 11.6 Å². The quantitative estimate of drug-likeness (QED) is 0.710. The molecule has 1 amide bonds. The number of carbonyl (C=O) groups is 1. The van der Waals surface area contributed by atoms with Crippen LogP contribution >= 0.6 is 0 Å². The lowest BCUT2D eigenvalue weighted by atomic mass is 9.92. The van der Waals surface area contributed by atoms with E-state index in [0.29, 0.717) is 11.3 Å². The van der Waals surface area contributed by atoms with E-state index in [1.807, 2.05) is 60.7 Å². The summed E-state index contributed by atoms with van der Waals surface area (Å²) in [6.45, 7) is 0. The third-order valence-corrected chi connectivity index (χ3v) is 5.42. The van der Waals surface area contributed by atoms with Crippen molar-refractivity contribution in [1.29, 1.82) is 0 Å². The fourth-order valence-electron chi connectivity index (χ4n) is 3.56. The van der Waals surface area contributed by atoms with Gasteiger partial charge < -0.3 is 4.90 Å². The number of hydrogen-bond donors (Lipinski definition) is 1. The summed E-state index contributed by atoms with van der Waals surface area (Å²) in [4.78, 5) is 14.7. The minimum atomic E-state index is -3.37. The van der Waals surface area contributed by atoms with Gasteiger partial charge >= 0.3 is 0 Å². The van der Waals surface area contributed by atoms with E-state index >= 15 is 0 Å². The summed E-state index contributed by atoms with van der Waals surface area (Å²) in [5, 5.41) is 0. The monoisotopic (exact) mass is 404 g/mol. The van der Waals surface area contributed by atoms with Crippen LogP contribution in [0.2, 0.25) is 0 Å². The van der Waals surface area contributed by atoms with Gasteiger partial charge in [-0.2, -0.15) is 0 Å². The molecule has 0 aromatic heterocycles. The zero-order chi connectivity index (χ0) is 20.6. The number of nitrogens with one attached hydrogen (secondary N) is 1. The summed E-state index contributed by atoms with van der Waals surface area (Å²) in [5.41, 5.74) is 5.46. The number of hydrogen-bond acceptors (Lipinski definition) is 3. The van der Waals surface area contributed by atoms with E-state index in [2.05, 4.69) is 4.72 Å². The van der Waals surface area contributed by atoms with Gasteiger partial charge in [0, 0.05) is 23.9 Å². The number of amides is 1. The molecule has 0 saturated heterocycles. The van der Waals surface area contributed by atoms with Crippen LogP contribution in [0, 0.1) is 0 Å². The number of benzene rings is 3. The van der Waals surface area contributed by atoms with Crippen LogP contribution < -0.4 is 9.62 Å². The molecule has 29 heavy (non-hydrogen) atoms. The van der Waals surface area contributed by atoms with Gasteiger partial charge in [0.15, 0.2) is 0 Å². The average molecular weight is 404 g/mol. The molecule has 1 N–H and O–H groups in total. The van der Waals surface area contributed by atoms with Crippen LogP contribution in [0.1, 0.15) is 27.0 Å².